The number of nitrogens with zero attached hydrogens (tertiary/aromatic N) is 1. The topological polar surface area (TPSA) is 61.4 Å². The predicted octanol–water partition coefficient (Wildman–Crippen LogP) is 2.40. The average molecular weight is 443 g/mol. The van der Waals surface area contributed by atoms with E-state index < -0.39 is 0 Å². The number of rotatable bonds is 7. The molecule has 1 saturated heterocycles. The van der Waals surface area contributed by atoms with Gasteiger partial charge in [-0.3, -0.25) is 9.59 Å². The van der Waals surface area contributed by atoms with E-state index in [4.69, 9.17) is 0 Å². The van der Waals surface area contributed by atoms with Crippen molar-refractivity contribution in [3.8, 4) is 0 Å². The van der Waals surface area contributed by atoms with Crippen LogP contribution < -0.4 is 10.6 Å². The molecule has 1 aromatic carbocycles. The molecule has 0 bridgehead atoms. The average Bonchev–Trinajstić information content (AvgIpc) is 2.58. The third-order valence-corrected chi connectivity index (χ3v) is 5.35. The first-order chi connectivity index (χ1) is 11.6. The standard InChI is InChI=1S/C18H26IN3O2/c1-14-7-4-5-11-22(14)12-6-10-20-17(23)13-21-18(24)15-8-2-3-9-16(15)19/h2-3,8-9,14H,4-7,10-13H2,1H3,(H,20,23)(H,21,24). The van der Waals surface area contributed by atoms with E-state index in [2.05, 4.69) is 45.0 Å². The second-order valence-corrected chi connectivity index (χ2v) is 7.41. The lowest BCUT2D eigenvalue weighted by atomic mass is 10.0. The van der Waals surface area contributed by atoms with Gasteiger partial charge in [-0.15, -0.1) is 0 Å². The van der Waals surface area contributed by atoms with Crippen LogP contribution in [0.5, 0.6) is 0 Å². The summed E-state index contributed by atoms with van der Waals surface area (Å²) in [6, 6.07) is 7.99. The lowest BCUT2D eigenvalue weighted by Gasteiger charge is -2.33. The zero-order chi connectivity index (χ0) is 17.4. The number of halogens is 1. The molecule has 1 atom stereocenters. The van der Waals surface area contributed by atoms with Gasteiger partial charge >= 0.3 is 0 Å². The summed E-state index contributed by atoms with van der Waals surface area (Å²) >= 11 is 2.12. The molecule has 1 heterocycles. The third kappa shape index (κ3) is 6.05. The summed E-state index contributed by atoms with van der Waals surface area (Å²) in [5, 5.41) is 5.55. The first kappa shape index (κ1) is 19.2. The van der Waals surface area contributed by atoms with Crippen LogP contribution in [0.1, 0.15) is 43.0 Å². The fraction of sp³-hybridized carbons (Fsp3) is 0.556. The molecule has 0 aromatic heterocycles. The molecule has 132 valence electrons. The first-order valence-corrected chi connectivity index (χ1v) is 9.69. The smallest absolute Gasteiger partial charge is 0.252 e. The van der Waals surface area contributed by atoms with E-state index in [1.807, 2.05) is 18.2 Å². The summed E-state index contributed by atoms with van der Waals surface area (Å²) in [5.41, 5.74) is 0.602. The Morgan fingerprint density at radius 2 is 2.04 bits per heavy atom. The summed E-state index contributed by atoms with van der Waals surface area (Å²) < 4.78 is 0.878. The Morgan fingerprint density at radius 1 is 1.25 bits per heavy atom. The van der Waals surface area contributed by atoms with Gasteiger partial charge in [0.2, 0.25) is 5.91 Å². The van der Waals surface area contributed by atoms with Gasteiger partial charge in [0.15, 0.2) is 0 Å². The Bertz CT molecular complexity index is 565. The van der Waals surface area contributed by atoms with Crippen molar-refractivity contribution in [1.29, 1.82) is 0 Å². The highest BCUT2D eigenvalue weighted by molar-refractivity contribution is 14.1. The molecule has 2 rings (SSSR count). The van der Waals surface area contributed by atoms with E-state index in [1.165, 1.54) is 25.8 Å². The summed E-state index contributed by atoms with van der Waals surface area (Å²) in [6.07, 6.45) is 4.83. The molecular weight excluding hydrogens is 417 g/mol. The van der Waals surface area contributed by atoms with Crippen molar-refractivity contribution in [2.45, 2.75) is 38.6 Å². The summed E-state index contributed by atoms with van der Waals surface area (Å²) in [6.45, 7) is 5.14. The van der Waals surface area contributed by atoms with Gasteiger partial charge in [0.05, 0.1) is 12.1 Å². The molecule has 0 saturated carbocycles. The van der Waals surface area contributed by atoms with Crippen molar-refractivity contribution < 1.29 is 9.59 Å². The lowest BCUT2D eigenvalue weighted by molar-refractivity contribution is -0.120. The monoisotopic (exact) mass is 443 g/mol. The van der Waals surface area contributed by atoms with Gasteiger partial charge in [-0.25, -0.2) is 0 Å². The van der Waals surface area contributed by atoms with Crippen LogP contribution >= 0.6 is 22.6 Å². The number of hydrogen-bond donors (Lipinski definition) is 2. The number of benzene rings is 1. The molecule has 24 heavy (non-hydrogen) atoms. The van der Waals surface area contributed by atoms with Crippen molar-refractivity contribution in [2.75, 3.05) is 26.2 Å². The second-order valence-electron chi connectivity index (χ2n) is 6.25. The van der Waals surface area contributed by atoms with Gasteiger partial charge in [0.1, 0.15) is 0 Å². The lowest BCUT2D eigenvalue weighted by Crippen LogP contribution is -2.40. The zero-order valence-corrected chi connectivity index (χ0v) is 16.3. The highest BCUT2D eigenvalue weighted by Crippen LogP contribution is 2.16. The molecule has 1 fully saturated rings. The number of piperidine rings is 1. The minimum Gasteiger partial charge on any atom is -0.355 e. The van der Waals surface area contributed by atoms with Crippen LogP contribution in [0.4, 0.5) is 0 Å². The van der Waals surface area contributed by atoms with Crippen LogP contribution in [0.2, 0.25) is 0 Å². The molecule has 2 amide bonds. The largest absolute Gasteiger partial charge is 0.355 e. The highest BCUT2D eigenvalue weighted by Gasteiger charge is 2.17. The maximum absolute atomic E-state index is 12.0. The van der Waals surface area contributed by atoms with Crippen LogP contribution in [-0.2, 0) is 4.79 Å². The zero-order valence-electron chi connectivity index (χ0n) is 14.2. The van der Waals surface area contributed by atoms with Gasteiger partial charge in [-0.1, -0.05) is 18.6 Å². The Balaban J connectivity index is 1.61. The van der Waals surface area contributed by atoms with Crippen molar-refractivity contribution >= 4 is 34.4 Å². The van der Waals surface area contributed by atoms with E-state index in [0.29, 0.717) is 18.2 Å². The van der Waals surface area contributed by atoms with Crippen LogP contribution in [0.25, 0.3) is 0 Å². The fourth-order valence-corrected chi connectivity index (χ4v) is 3.60. The minimum absolute atomic E-state index is 0.0178. The molecule has 1 aliphatic rings. The third-order valence-electron chi connectivity index (χ3n) is 4.41. The Kier molecular flexibility index (Phi) is 7.98. The molecule has 1 aliphatic heterocycles. The Labute approximate surface area is 157 Å². The molecule has 6 heteroatoms. The van der Waals surface area contributed by atoms with Crippen molar-refractivity contribution in [1.82, 2.24) is 15.5 Å². The molecule has 0 spiro atoms. The predicted molar refractivity (Wildman–Crippen MR) is 104 cm³/mol. The second kappa shape index (κ2) is 9.98. The van der Waals surface area contributed by atoms with E-state index >= 15 is 0 Å². The maximum Gasteiger partial charge on any atom is 0.252 e. The van der Waals surface area contributed by atoms with E-state index in [0.717, 1.165) is 16.5 Å². The van der Waals surface area contributed by atoms with Gasteiger partial charge in [-0.05, 0) is 67.5 Å². The number of hydrogen-bond acceptors (Lipinski definition) is 3. The van der Waals surface area contributed by atoms with Crippen molar-refractivity contribution in [3.63, 3.8) is 0 Å². The number of nitrogens with one attached hydrogen (secondary N) is 2. The SMILES string of the molecule is CC1CCCCN1CCCNC(=O)CNC(=O)c1ccccc1I. The van der Waals surface area contributed by atoms with Crippen molar-refractivity contribution in [3.05, 3.63) is 33.4 Å². The minimum atomic E-state index is -0.211. The van der Waals surface area contributed by atoms with E-state index in [1.54, 1.807) is 6.07 Å². The van der Waals surface area contributed by atoms with Gasteiger partial charge in [0.25, 0.3) is 5.91 Å². The first-order valence-electron chi connectivity index (χ1n) is 8.61. The summed E-state index contributed by atoms with van der Waals surface area (Å²) in [5.74, 6) is -0.349. The Morgan fingerprint density at radius 3 is 2.79 bits per heavy atom. The molecule has 0 aliphatic carbocycles. The van der Waals surface area contributed by atoms with Gasteiger partial charge in [-0.2, -0.15) is 0 Å². The van der Waals surface area contributed by atoms with Gasteiger partial charge < -0.3 is 15.5 Å². The van der Waals surface area contributed by atoms with Crippen LogP contribution in [-0.4, -0.2) is 48.9 Å². The Hall–Kier alpha value is -1.15. The van der Waals surface area contributed by atoms with E-state index in [9.17, 15) is 9.59 Å². The highest BCUT2D eigenvalue weighted by atomic mass is 127. The number of carbonyl (C=O) groups is 2. The van der Waals surface area contributed by atoms with Crippen LogP contribution in [0, 0.1) is 3.57 Å². The summed E-state index contributed by atoms with van der Waals surface area (Å²) in [7, 11) is 0. The molecule has 2 N–H and O–H groups in total. The normalized spacial score (nSPS) is 18.2. The number of likely N-dealkylation sites (tertiary alicyclic amines) is 1. The molecular formula is C18H26IN3O2. The number of carbonyl (C=O) groups excluding carboxylic acids is 2. The number of amides is 2. The van der Waals surface area contributed by atoms with Crippen molar-refractivity contribution in [2.24, 2.45) is 0 Å². The maximum atomic E-state index is 12.0. The van der Waals surface area contributed by atoms with E-state index in [-0.39, 0.29) is 18.4 Å². The quantitative estimate of drug-likeness (QED) is 0.503. The molecule has 1 aromatic rings. The fourth-order valence-electron chi connectivity index (χ4n) is 2.96. The van der Waals surface area contributed by atoms with Gasteiger partial charge in [0, 0.05) is 22.7 Å². The van der Waals surface area contributed by atoms with Crippen LogP contribution in [0.3, 0.4) is 0 Å². The molecule has 5 nitrogen and oxygen atoms in total. The molecule has 0 radical (unpaired) electrons. The van der Waals surface area contributed by atoms with Crippen LogP contribution in [0.15, 0.2) is 24.3 Å². The molecule has 1 unspecified atom stereocenters. The summed E-state index contributed by atoms with van der Waals surface area (Å²) in [4.78, 5) is 26.4.